The molecule has 0 saturated heterocycles. The second kappa shape index (κ2) is 12.0. The minimum absolute atomic E-state index is 0.168. The van der Waals surface area contributed by atoms with Gasteiger partial charge in [0, 0.05) is 22.3 Å². The van der Waals surface area contributed by atoms with Crippen LogP contribution in [0.2, 0.25) is 0 Å². The van der Waals surface area contributed by atoms with E-state index in [0.29, 0.717) is 71.7 Å². The minimum Gasteiger partial charge on any atom is -0.490 e. The fourth-order valence-electron chi connectivity index (χ4n) is 4.96. The van der Waals surface area contributed by atoms with E-state index in [1.54, 1.807) is 24.3 Å². The van der Waals surface area contributed by atoms with Gasteiger partial charge < -0.3 is 18.9 Å². The molecule has 0 N–H and O–H groups in total. The lowest BCUT2D eigenvalue weighted by Crippen LogP contribution is -2.21. The highest BCUT2D eigenvalue weighted by atomic mass is 16.5. The third-order valence-electron chi connectivity index (χ3n) is 6.90. The van der Waals surface area contributed by atoms with Crippen molar-refractivity contribution in [3.05, 3.63) is 70.8 Å². The Hall–Kier alpha value is -4.06. The van der Waals surface area contributed by atoms with E-state index < -0.39 is 0 Å². The number of rotatable bonds is 12. The first-order valence-corrected chi connectivity index (χ1v) is 14.3. The van der Waals surface area contributed by atoms with Crippen molar-refractivity contribution < 1.29 is 28.5 Å². The van der Waals surface area contributed by atoms with Gasteiger partial charge >= 0.3 is 0 Å². The monoisotopic (exact) mass is 540 g/mol. The standard InChI is InChI=1S/C34H36O6/c1-5-9-37-29-17-21-13-25-26(14-22(21)18-30(29)38-10-6-2)34(36)28-16-24-20-32(40-12-8-4)31(39-11-7-3)19-23(24)15-27(28)33(25)35/h13-20H,5-12H2,1-4H3. The lowest BCUT2D eigenvalue weighted by Gasteiger charge is -2.21. The van der Waals surface area contributed by atoms with Crippen LogP contribution >= 0.6 is 0 Å². The maximum absolute atomic E-state index is 13.8. The molecule has 0 unspecified atom stereocenters. The highest BCUT2D eigenvalue weighted by molar-refractivity contribution is 6.30. The van der Waals surface area contributed by atoms with Crippen molar-refractivity contribution in [3.63, 3.8) is 0 Å². The molecular weight excluding hydrogens is 504 g/mol. The molecule has 1 aliphatic carbocycles. The van der Waals surface area contributed by atoms with Crippen molar-refractivity contribution in [1.29, 1.82) is 0 Å². The summed E-state index contributed by atoms with van der Waals surface area (Å²) in [5.74, 6) is 2.24. The zero-order valence-corrected chi connectivity index (χ0v) is 23.7. The molecule has 6 nitrogen and oxygen atoms in total. The van der Waals surface area contributed by atoms with Gasteiger partial charge in [-0.15, -0.1) is 0 Å². The van der Waals surface area contributed by atoms with Crippen LogP contribution in [0.5, 0.6) is 23.0 Å². The number of carbonyl (C=O) groups is 2. The lowest BCUT2D eigenvalue weighted by molar-refractivity contribution is 0.0979. The first-order chi connectivity index (χ1) is 19.5. The van der Waals surface area contributed by atoms with Crippen LogP contribution in [-0.4, -0.2) is 38.0 Å². The van der Waals surface area contributed by atoms with Gasteiger partial charge in [-0.2, -0.15) is 0 Å². The fraction of sp³-hybridized carbons (Fsp3) is 0.353. The third-order valence-corrected chi connectivity index (χ3v) is 6.90. The summed E-state index contributed by atoms with van der Waals surface area (Å²) in [6, 6.07) is 14.8. The Balaban J connectivity index is 1.61. The molecule has 0 spiro atoms. The van der Waals surface area contributed by atoms with Crippen molar-refractivity contribution in [1.82, 2.24) is 0 Å². The Morgan fingerprint density at radius 2 is 0.625 bits per heavy atom. The topological polar surface area (TPSA) is 71.1 Å². The van der Waals surface area contributed by atoms with Gasteiger partial charge in [-0.05, 0) is 95.8 Å². The van der Waals surface area contributed by atoms with E-state index in [-0.39, 0.29) is 11.6 Å². The van der Waals surface area contributed by atoms with Crippen LogP contribution in [0.1, 0.15) is 85.2 Å². The Kier molecular flexibility index (Phi) is 8.24. The number of hydrogen-bond acceptors (Lipinski definition) is 6. The molecule has 0 radical (unpaired) electrons. The maximum atomic E-state index is 13.8. The smallest absolute Gasteiger partial charge is 0.194 e. The summed E-state index contributed by atoms with van der Waals surface area (Å²) in [6.45, 7) is 10.4. The molecule has 0 heterocycles. The van der Waals surface area contributed by atoms with Crippen LogP contribution in [0.25, 0.3) is 21.5 Å². The molecular formula is C34H36O6. The molecule has 208 valence electrons. The van der Waals surface area contributed by atoms with Crippen LogP contribution in [0.4, 0.5) is 0 Å². The van der Waals surface area contributed by atoms with Crippen molar-refractivity contribution in [2.75, 3.05) is 26.4 Å². The molecule has 6 heteroatoms. The van der Waals surface area contributed by atoms with Gasteiger partial charge in [0.15, 0.2) is 34.6 Å². The molecule has 0 saturated carbocycles. The third kappa shape index (κ3) is 5.23. The van der Waals surface area contributed by atoms with E-state index >= 15 is 0 Å². The summed E-state index contributed by atoms with van der Waals surface area (Å²) in [7, 11) is 0. The second-order valence-electron chi connectivity index (χ2n) is 10.1. The Morgan fingerprint density at radius 1 is 0.400 bits per heavy atom. The second-order valence-corrected chi connectivity index (χ2v) is 10.1. The van der Waals surface area contributed by atoms with Crippen molar-refractivity contribution in [2.45, 2.75) is 53.4 Å². The predicted octanol–water partition coefficient (Wildman–Crippen LogP) is 7.92. The molecule has 0 aliphatic heterocycles. The van der Waals surface area contributed by atoms with Gasteiger partial charge in [0.2, 0.25) is 0 Å². The Bertz CT molecular complexity index is 1350. The largest absolute Gasteiger partial charge is 0.490 e. The summed E-state index contributed by atoms with van der Waals surface area (Å²) >= 11 is 0. The van der Waals surface area contributed by atoms with Gasteiger partial charge in [-0.1, -0.05) is 27.7 Å². The lowest BCUT2D eigenvalue weighted by atomic mass is 9.81. The van der Waals surface area contributed by atoms with E-state index in [9.17, 15) is 9.59 Å². The van der Waals surface area contributed by atoms with Gasteiger partial charge in [-0.3, -0.25) is 9.59 Å². The molecule has 0 fully saturated rings. The molecule has 5 rings (SSSR count). The zero-order valence-electron chi connectivity index (χ0n) is 23.7. The van der Waals surface area contributed by atoms with Crippen LogP contribution in [0.15, 0.2) is 48.5 Å². The molecule has 1 aliphatic rings. The first kappa shape index (κ1) is 27.5. The molecule has 4 aromatic carbocycles. The molecule has 0 amide bonds. The number of ether oxygens (including phenoxy) is 4. The SMILES string of the molecule is CCCOc1cc2cc3c(cc2cc1OCCC)C(=O)c1cc2cc(OCCC)c(OCCC)cc2cc1C3=O. The first-order valence-electron chi connectivity index (χ1n) is 14.3. The molecule has 0 bridgehead atoms. The van der Waals surface area contributed by atoms with E-state index in [0.717, 1.165) is 47.2 Å². The van der Waals surface area contributed by atoms with Crippen LogP contribution in [0, 0.1) is 0 Å². The average molecular weight is 541 g/mol. The summed E-state index contributed by atoms with van der Waals surface area (Å²) < 4.78 is 23.8. The van der Waals surface area contributed by atoms with Gasteiger partial charge in [-0.25, -0.2) is 0 Å². The van der Waals surface area contributed by atoms with E-state index in [1.165, 1.54) is 0 Å². The summed E-state index contributed by atoms with van der Waals surface area (Å²) in [4.78, 5) is 27.6. The van der Waals surface area contributed by atoms with Crippen LogP contribution in [-0.2, 0) is 0 Å². The van der Waals surface area contributed by atoms with Gasteiger partial charge in [0.1, 0.15) is 0 Å². The maximum Gasteiger partial charge on any atom is 0.194 e. The highest BCUT2D eigenvalue weighted by Gasteiger charge is 2.31. The zero-order chi connectivity index (χ0) is 28.2. The van der Waals surface area contributed by atoms with E-state index in [4.69, 9.17) is 18.9 Å². The van der Waals surface area contributed by atoms with Gasteiger partial charge in [0.25, 0.3) is 0 Å². The number of hydrogen-bond donors (Lipinski definition) is 0. The molecule has 0 aromatic heterocycles. The molecule has 40 heavy (non-hydrogen) atoms. The van der Waals surface area contributed by atoms with Crippen molar-refractivity contribution in [2.24, 2.45) is 0 Å². The normalized spacial score (nSPS) is 12.4. The summed E-state index contributed by atoms with van der Waals surface area (Å²) in [5.41, 5.74) is 1.61. The number of benzene rings is 4. The van der Waals surface area contributed by atoms with Crippen LogP contribution in [0.3, 0.4) is 0 Å². The molecule has 0 atom stereocenters. The van der Waals surface area contributed by atoms with E-state index in [2.05, 4.69) is 0 Å². The quantitative estimate of drug-likeness (QED) is 0.160. The number of carbonyl (C=O) groups excluding carboxylic acids is 2. The summed E-state index contributed by atoms with van der Waals surface area (Å²) in [6.07, 6.45) is 3.46. The fourth-order valence-corrected chi connectivity index (χ4v) is 4.96. The predicted molar refractivity (Wildman–Crippen MR) is 158 cm³/mol. The van der Waals surface area contributed by atoms with Crippen molar-refractivity contribution >= 4 is 33.1 Å². The average Bonchev–Trinajstić information content (AvgIpc) is 2.97. The van der Waals surface area contributed by atoms with Crippen LogP contribution < -0.4 is 18.9 Å². The Labute approximate surface area is 235 Å². The van der Waals surface area contributed by atoms with E-state index in [1.807, 2.05) is 52.0 Å². The Morgan fingerprint density at radius 3 is 0.825 bits per heavy atom. The number of fused-ring (bicyclic) bond motifs is 4. The van der Waals surface area contributed by atoms with Gasteiger partial charge in [0.05, 0.1) is 26.4 Å². The highest BCUT2D eigenvalue weighted by Crippen LogP contribution is 2.39. The minimum atomic E-state index is -0.168. The summed E-state index contributed by atoms with van der Waals surface area (Å²) in [5, 5.41) is 3.30. The molecule has 4 aromatic rings. The van der Waals surface area contributed by atoms with Crippen molar-refractivity contribution in [3.8, 4) is 23.0 Å². The number of ketones is 2.